The highest BCUT2D eigenvalue weighted by atomic mass is 16.3. The number of Topliss-reactive ketones (excluding diaryl/α,β-unsaturated/α-hetero) is 1. The van der Waals surface area contributed by atoms with Gasteiger partial charge in [-0.15, -0.1) is 0 Å². The van der Waals surface area contributed by atoms with E-state index in [-0.39, 0.29) is 29.8 Å². The number of rotatable bonds is 6. The topological polar surface area (TPSA) is 57.5 Å². The van der Waals surface area contributed by atoms with Crippen molar-refractivity contribution >= 4 is 5.78 Å². The van der Waals surface area contributed by atoms with E-state index < -0.39 is 0 Å². The lowest BCUT2D eigenvalue weighted by atomic mass is 9.92. The smallest absolute Gasteiger partial charge is 0.129 e. The fourth-order valence-electron chi connectivity index (χ4n) is 2.48. The second kappa shape index (κ2) is 6.92. The van der Waals surface area contributed by atoms with Gasteiger partial charge in [0.2, 0.25) is 0 Å². The van der Waals surface area contributed by atoms with E-state index in [0.717, 1.165) is 19.3 Å². The quantitative estimate of drug-likeness (QED) is 0.552. The summed E-state index contributed by atoms with van der Waals surface area (Å²) in [5.74, 6) is 0.585. The Morgan fingerprint density at radius 1 is 1.29 bits per heavy atom. The molecule has 98 valence electrons. The molecular weight excluding hydrogens is 216 g/mol. The van der Waals surface area contributed by atoms with Crippen LogP contribution in [0.1, 0.15) is 46.0 Å². The van der Waals surface area contributed by atoms with Gasteiger partial charge in [0.1, 0.15) is 5.78 Å². The van der Waals surface area contributed by atoms with E-state index in [4.69, 9.17) is 0 Å². The van der Waals surface area contributed by atoms with E-state index in [2.05, 4.69) is 12.2 Å². The predicted octanol–water partition coefficient (Wildman–Crippen LogP) is 2.07. The molecule has 1 rings (SSSR count). The average molecular weight is 240 g/mol. The van der Waals surface area contributed by atoms with E-state index >= 15 is 0 Å². The maximum Gasteiger partial charge on any atom is 0.129 e. The molecule has 0 aromatic rings. The minimum atomic E-state index is -0.373. The number of ketones is 1. The van der Waals surface area contributed by atoms with Gasteiger partial charge in [-0.2, -0.15) is 0 Å². The zero-order valence-electron chi connectivity index (χ0n) is 10.8. The van der Waals surface area contributed by atoms with Crippen LogP contribution >= 0.6 is 0 Å². The van der Waals surface area contributed by atoms with Crippen LogP contribution in [0.2, 0.25) is 0 Å². The molecule has 3 nitrogen and oxygen atoms in total. The van der Waals surface area contributed by atoms with E-state index in [9.17, 15) is 15.0 Å². The van der Waals surface area contributed by atoms with Crippen molar-refractivity contribution in [3.63, 3.8) is 0 Å². The number of allylic oxidation sites excluding steroid dienone is 2. The highest BCUT2D eigenvalue weighted by Crippen LogP contribution is 2.34. The monoisotopic (exact) mass is 240 g/mol. The third-order valence-electron chi connectivity index (χ3n) is 3.73. The van der Waals surface area contributed by atoms with E-state index in [1.54, 1.807) is 6.92 Å². The minimum absolute atomic E-state index is 0.173. The molecule has 0 bridgehead atoms. The van der Waals surface area contributed by atoms with Crippen molar-refractivity contribution < 1.29 is 15.0 Å². The summed E-state index contributed by atoms with van der Waals surface area (Å²) in [5, 5.41) is 19.4. The molecule has 0 aliphatic heterocycles. The Kier molecular flexibility index (Phi) is 5.86. The van der Waals surface area contributed by atoms with Crippen molar-refractivity contribution in [1.82, 2.24) is 0 Å². The highest BCUT2D eigenvalue weighted by Gasteiger charge is 2.37. The van der Waals surface area contributed by atoms with Crippen molar-refractivity contribution in [2.24, 2.45) is 11.8 Å². The van der Waals surface area contributed by atoms with Gasteiger partial charge in [0.05, 0.1) is 12.2 Å². The molecule has 1 aliphatic rings. The maximum absolute atomic E-state index is 10.7. The Morgan fingerprint density at radius 2 is 2.00 bits per heavy atom. The second-order valence-electron chi connectivity index (χ2n) is 5.19. The van der Waals surface area contributed by atoms with Gasteiger partial charge in [0, 0.05) is 6.42 Å². The number of hydrogen-bond donors (Lipinski definition) is 2. The first-order valence-corrected chi connectivity index (χ1v) is 6.53. The van der Waals surface area contributed by atoms with E-state index in [0.29, 0.717) is 12.8 Å². The molecular formula is C14H24O3. The lowest BCUT2D eigenvalue weighted by molar-refractivity contribution is -0.117. The molecule has 0 radical (unpaired) electrons. The van der Waals surface area contributed by atoms with Crippen LogP contribution in [0.5, 0.6) is 0 Å². The van der Waals surface area contributed by atoms with Gasteiger partial charge in [0.15, 0.2) is 0 Å². The molecule has 0 aromatic carbocycles. The van der Waals surface area contributed by atoms with Crippen LogP contribution in [0.15, 0.2) is 12.2 Å². The molecule has 3 heteroatoms. The number of hydrogen-bond acceptors (Lipinski definition) is 3. The van der Waals surface area contributed by atoms with Crippen LogP contribution in [0.3, 0.4) is 0 Å². The number of carbonyl (C=O) groups is 1. The standard InChI is InChI=1S/C14H24O3/c1-10(15)7-5-3-4-6-8-12-11(2)13(16)9-14(12)17/h4,6,11-14,16-17H,3,5,7-9H2,1-2H3/b6-4-/t11?,12-,13-,14+/m1/s1. The molecule has 2 N–H and O–H groups in total. The van der Waals surface area contributed by atoms with Crippen molar-refractivity contribution in [2.45, 2.75) is 58.2 Å². The first-order chi connectivity index (χ1) is 8.02. The van der Waals surface area contributed by atoms with Gasteiger partial charge in [-0.25, -0.2) is 0 Å². The van der Waals surface area contributed by atoms with Gasteiger partial charge >= 0.3 is 0 Å². The van der Waals surface area contributed by atoms with Crippen molar-refractivity contribution in [1.29, 1.82) is 0 Å². The molecule has 0 heterocycles. The highest BCUT2D eigenvalue weighted by molar-refractivity contribution is 5.75. The fraction of sp³-hybridized carbons (Fsp3) is 0.786. The van der Waals surface area contributed by atoms with Crippen LogP contribution in [0.25, 0.3) is 0 Å². The summed E-state index contributed by atoms with van der Waals surface area (Å²) in [7, 11) is 0. The summed E-state index contributed by atoms with van der Waals surface area (Å²) in [5.41, 5.74) is 0. The predicted molar refractivity (Wildman–Crippen MR) is 67.6 cm³/mol. The molecule has 1 fully saturated rings. The van der Waals surface area contributed by atoms with Gasteiger partial charge in [0.25, 0.3) is 0 Å². The third-order valence-corrected chi connectivity index (χ3v) is 3.73. The van der Waals surface area contributed by atoms with Crippen molar-refractivity contribution in [3.05, 3.63) is 12.2 Å². The summed E-state index contributed by atoms with van der Waals surface area (Å²) >= 11 is 0. The Labute approximate surface area is 104 Å². The van der Waals surface area contributed by atoms with Gasteiger partial charge in [-0.3, -0.25) is 0 Å². The SMILES string of the molecule is CC(=O)CCC/C=C\C[C@@H]1C(C)[C@H](O)C[C@@H]1O. The molecule has 1 saturated carbocycles. The second-order valence-corrected chi connectivity index (χ2v) is 5.19. The molecule has 0 spiro atoms. The van der Waals surface area contributed by atoms with Crippen LogP contribution in [0, 0.1) is 11.8 Å². The van der Waals surface area contributed by atoms with E-state index in [1.807, 2.05) is 6.92 Å². The lowest BCUT2D eigenvalue weighted by Crippen LogP contribution is -2.18. The van der Waals surface area contributed by atoms with E-state index in [1.165, 1.54) is 0 Å². The minimum Gasteiger partial charge on any atom is -0.393 e. The summed E-state index contributed by atoms with van der Waals surface area (Å²) in [6.45, 7) is 3.61. The van der Waals surface area contributed by atoms with Crippen LogP contribution in [0.4, 0.5) is 0 Å². The molecule has 0 amide bonds. The Morgan fingerprint density at radius 3 is 2.53 bits per heavy atom. The summed E-state index contributed by atoms with van der Waals surface area (Å²) in [4.78, 5) is 10.7. The number of carbonyl (C=O) groups excluding carboxylic acids is 1. The third kappa shape index (κ3) is 4.60. The number of unbranched alkanes of at least 4 members (excludes halogenated alkanes) is 1. The van der Waals surface area contributed by atoms with Gasteiger partial charge in [-0.05, 0) is 44.4 Å². The lowest BCUT2D eigenvalue weighted by Gasteiger charge is -2.17. The molecule has 1 unspecified atom stereocenters. The Hall–Kier alpha value is -0.670. The first kappa shape index (κ1) is 14.4. The van der Waals surface area contributed by atoms with Crippen LogP contribution in [-0.2, 0) is 4.79 Å². The zero-order chi connectivity index (χ0) is 12.8. The Balaban J connectivity index is 2.21. The molecule has 0 aromatic heterocycles. The summed E-state index contributed by atoms with van der Waals surface area (Å²) < 4.78 is 0. The molecule has 0 saturated heterocycles. The molecule has 1 aliphatic carbocycles. The largest absolute Gasteiger partial charge is 0.393 e. The molecule has 4 atom stereocenters. The van der Waals surface area contributed by atoms with Crippen molar-refractivity contribution in [2.75, 3.05) is 0 Å². The normalized spacial score (nSPS) is 33.4. The van der Waals surface area contributed by atoms with Gasteiger partial charge < -0.3 is 15.0 Å². The van der Waals surface area contributed by atoms with Crippen molar-refractivity contribution in [3.8, 4) is 0 Å². The average Bonchev–Trinajstić information content (AvgIpc) is 2.48. The van der Waals surface area contributed by atoms with Gasteiger partial charge in [-0.1, -0.05) is 19.1 Å². The van der Waals surface area contributed by atoms with Crippen LogP contribution < -0.4 is 0 Å². The van der Waals surface area contributed by atoms with Crippen LogP contribution in [-0.4, -0.2) is 28.2 Å². The number of aliphatic hydroxyl groups excluding tert-OH is 2. The zero-order valence-corrected chi connectivity index (χ0v) is 10.8. The maximum atomic E-state index is 10.7. The Bertz CT molecular complexity index is 273. The number of aliphatic hydroxyl groups is 2. The summed E-state index contributed by atoms with van der Waals surface area (Å²) in [6, 6.07) is 0. The first-order valence-electron chi connectivity index (χ1n) is 6.53. The summed E-state index contributed by atoms with van der Waals surface area (Å²) in [6.07, 6.45) is 7.20. The fourth-order valence-corrected chi connectivity index (χ4v) is 2.48. The molecule has 17 heavy (non-hydrogen) atoms.